The standard InChI is InChI=1S/C13H18Cl2N4O3S/c1-19(23(2,21)22)7-13(20)16-12-6-11(17-18-12)8-3-9(14)5-10(15)4-8/h3-5,11-12,17-18H,6-7H2,1-2H3,(H,16,20). The maximum Gasteiger partial charge on any atom is 0.236 e. The smallest absolute Gasteiger partial charge is 0.236 e. The summed E-state index contributed by atoms with van der Waals surface area (Å²) in [5.41, 5.74) is 6.91. The topological polar surface area (TPSA) is 90.5 Å². The average Bonchev–Trinajstić information content (AvgIpc) is 2.84. The lowest BCUT2D eigenvalue weighted by atomic mass is 10.0. The zero-order chi connectivity index (χ0) is 17.2. The van der Waals surface area contributed by atoms with Gasteiger partial charge >= 0.3 is 0 Å². The minimum absolute atomic E-state index is 0.0656. The van der Waals surface area contributed by atoms with Crippen LogP contribution in [-0.2, 0) is 14.8 Å². The van der Waals surface area contributed by atoms with Crippen molar-refractivity contribution in [3.63, 3.8) is 0 Å². The Morgan fingerprint density at radius 2 is 1.91 bits per heavy atom. The normalized spacial score (nSPS) is 21.6. The predicted molar refractivity (Wildman–Crippen MR) is 89.5 cm³/mol. The second-order valence-corrected chi connectivity index (χ2v) is 8.38. The lowest BCUT2D eigenvalue weighted by Crippen LogP contribution is -2.47. The van der Waals surface area contributed by atoms with Gasteiger partial charge < -0.3 is 5.32 Å². The van der Waals surface area contributed by atoms with Crippen molar-refractivity contribution >= 4 is 39.1 Å². The van der Waals surface area contributed by atoms with Crippen molar-refractivity contribution in [2.24, 2.45) is 0 Å². The molecule has 1 amide bonds. The molecule has 10 heteroatoms. The van der Waals surface area contributed by atoms with Crippen LogP contribution in [0.5, 0.6) is 0 Å². The Labute approximate surface area is 145 Å². The summed E-state index contributed by atoms with van der Waals surface area (Å²) in [6, 6.07) is 5.18. The van der Waals surface area contributed by atoms with Crippen molar-refractivity contribution in [3.05, 3.63) is 33.8 Å². The molecule has 0 saturated carbocycles. The fourth-order valence-electron chi connectivity index (χ4n) is 2.20. The lowest BCUT2D eigenvalue weighted by Gasteiger charge is -2.16. The second-order valence-electron chi connectivity index (χ2n) is 5.42. The molecule has 0 bridgehead atoms. The van der Waals surface area contributed by atoms with Crippen molar-refractivity contribution in [1.82, 2.24) is 20.5 Å². The molecule has 2 atom stereocenters. The van der Waals surface area contributed by atoms with E-state index in [1.807, 2.05) is 0 Å². The van der Waals surface area contributed by atoms with Gasteiger partial charge in [0.25, 0.3) is 0 Å². The van der Waals surface area contributed by atoms with Crippen LogP contribution in [0.15, 0.2) is 18.2 Å². The molecule has 2 unspecified atom stereocenters. The van der Waals surface area contributed by atoms with E-state index in [-0.39, 0.29) is 24.7 Å². The van der Waals surface area contributed by atoms with Crippen molar-refractivity contribution in [2.45, 2.75) is 18.6 Å². The minimum Gasteiger partial charge on any atom is -0.338 e. The number of nitrogens with one attached hydrogen (secondary N) is 3. The van der Waals surface area contributed by atoms with Gasteiger partial charge in [-0.3, -0.25) is 4.79 Å². The minimum atomic E-state index is -3.39. The molecule has 128 valence electrons. The maximum atomic E-state index is 11.9. The number of hydrazine groups is 1. The van der Waals surface area contributed by atoms with Crippen LogP contribution in [-0.4, -0.2) is 44.6 Å². The first kappa shape index (κ1) is 18.4. The number of amides is 1. The van der Waals surface area contributed by atoms with E-state index in [1.165, 1.54) is 7.05 Å². The van der Waals surface area contributed by atoms with E-state index in [2.05, 4.69) is 16.2 Å². The average molecular weight is 381 g/mol. The first-order valence-corrected chi connectivity index (χ1v) is 9.43. The maximum absolute atomic E-state index is 11.9. The van der Waals surface area contributed by atoms with Crippen LogP contribution in [0, 0.1) is 0 Å². The Bertz CT molecular complexity index is 678. The molecule has 1 fully saturated rings. The highest BCUT2D eigenvalue weighted by atomic mass is 35.5. The highest BCUT2D eigenvalue weighted by molar-refractivity contribution is 7.88. The van der Waals surface area contributed by atoms with E-state index in [4.69, 9.17) is 23.2 Å². The van der Waals surface area contributed by atoms with Gasteiger partial charge in [0.15, 0.2) is 0 Å². The third-order valence-corrected chi connectivity index (χ3v) is 5.16. The largest absolute Gasteiger partial charge is 0.338 e. The molecule has 1 aliphatic rings. The van der Waals surface area contributed by atoms with E-state index in [9.17, 15) is 13.2 Å². The Balaban J connectivity index is 1.91. The molecule has 1 aromatic rings. The SMILES string of the molecule is CN(CC(=O)NC1CC(c2cc(Cl)cc(Cl)c2)NN1)S(C)(=O)=O. The molecule has 3 N–H and O–H groups in total. The Kier molecular flexibility index (Phi) is 5.88. The second kappa shape index (κ2) is 7.33. The van der Waals surface area contributed by atoms with Gasteiger partial charge in [-0.25, -0.2) is 19.3 Å². The van der Waals surface area contributed by atoms with Crippen molar-refractivity contribution in [2.75, 3.05) is 19.8 Å². The molecular formula is C13H18Cl2N4O3S. The van der Waals surface area contributed by atoms with Crippen LogP contribution in [0.4, 0.5) is 0 Å². The molecule has 1 aromatic carbocycles. The molecular weight excluding hydrogens is 363 g/mol. The number of nitrogens with zero attached hydrogens (tertiary/aromatic N) is 1. The van der Waals surface area contributed by atoms with E-state index in [0.717, 1.165) is 16.1 Å². The highest BCUT2D eigenvalue weighted by Gasteiger charge is 2.27. The van der Waals surface area contributed by atoms with Gasteiger partial charge in [-0.05, 0) is 23.8 Å². The molecule has 1 aliphatic heterocycles. The highest BCUT2D eigenvalue weighted by Crippen LogP contribution is 2.27. The molecule has 0 aromatic heterocycles. The fourth-order valence-corrected chi connectivity index (χ4v) is 3.10. The lowest BCUT2D eigenvalue weighted by molar-refractivity contribution is -0.121. The molecule has 7 nitrogen and oxygen atoms in total. The van der Waals surface area contributed by atoms with Gasteiger partial charge in [0.2, 0.25) is 15.9 Å². The number of hydrogen-bond acceptors (Lipinski definition) is 5. The number of rotatable bonds is 5. The van der Waals surface area contributed by atoms with E-state index >= 15 is 0 Å². The summed E-state index contributed by atoms with van der Waals surface area (Å²) in [5, 5.41) is 3.80. The van der Waals surface area contributed by atoms with Gasteiger partial charge in [-0.2, -0.15) is 4.31 Å². The summed E-state index contributed by atoms with van der Waals surface area (Å²) in [6.45, 7) is -0.231. The van der Waals surface area contributed by atoms with Gasteiger partial charge in [0, 0.05) is 29.6 Å². The van der Waals surface area contributed by atoms with Gasteiger partial charge in [0.05, 0.1) is 19.0 Å². The fraction of sp³-hybridized carbons (Fsp3) is 0.462. The molecule has 0 radical (unpaired) electrons. The number of carbonyl (C=O) groups is 1. The number of likely N-dealkylation sites (N-methyl/N-ethyl adjacent to an activating group) is 1. The first-order valence-electron chi connectivity index (χ1n) is 6.83. The summed E-state index contributed by atoms with van der Waals surface area (Å²) in [4.78, 5) is 11.9. The van der Waals surface area contributed by atoms with Crippen LogP contribution in [0.1, 0.15) is 18.0 Å². The summed E-state index contributed by atoms with van der Waals surface area (Å²) >= 11 is 12.0. The molecule has 2 rings (SSSR count). The summed E-state index contributed by atoms with van der Waals surface area (Å²) < 4.78 is 23.6. The van der Waals surface area contributed by atoms with Crippen LogP contribution in [0.3, 0.4) is 0 Å². The predicted octanol–water partition coefficient (Wildman–Crippen LogP) is 0.866. The molecule has 23 heavy (non-hydrogen) atoms. The summed E-state index contributed by atoms with van der Waals surface area (Å²) in [5.74, 6) is -0.387. The number of hydrogen-bond donors (Lipinski definition) is 3. The quantitative estimate of drug-likeness (QED) is 0.704. The molecule has 0 spiro atoms. The molecule has 1 heterocycles. The van der Waals surface area contributed by atoms with Crippen LogP contribution in [0.2, 0.25) is 10.0 Å². The van der Waals surface area contributed by atoms with Gasteiger partial charge in [-0.1, -0.05) is 23.2 Å². The Morgan fingerprint density at radius 1 is 1.30 bits per heavy atom. The van der Waals surface area contributed by atoms with Crippen molar-refractivity contribution in [1.29, 1.82) is 0 Å². The third-order valence-electron chi connectivity index (χ3n) is 3.46. The van der Waals surface area contributed by atoms with Gasteiger partial charge in [0.1, 0.15) is 0 Å². The number of carbonyl (C=O) groups excluding carboxylic acids is 1. The Hall–Kier alpha value is -0.900. The number of sulfonamides is 1. The molecule has 1 saturated heterocycles. The van der Waals surface area contributed by atoms with E-state index in [1.54, 1.807) is 18.2 Å². The van der Waals surface area contributed by atoms with Crippen molar-refractivity contribution < 1.29 is 13.2 Å². The third kappa shape index (κ3) is 5.30. The summed E-state index contributed by atoms with van der Waals surface area (Å²) in [7, 11) is -2.03. The van der Waals surface area contributed by atoms with Crippen molar-refractivity contribution in [3.8, 4) is 0 Å². The summed E-state index contributed by atoms with van der Waals surface area (Å²) in [6.07, 6.45) is 1.30. The first-order chi connectivity index (χ1) is 10.6. The number of halogens is 2. The Morgan fingerprint density at radius 3 is 2.48 bits per heavy atom. The zero-order valence-corrected chi connectivity index (χ0v) is 15.0. The van der Waals surface area contributed by atoms with Gasteiger partial charge in [-0.15, -0.1) is 0 Å². The number of benzene rings is 1. The van der Waals surface area contributed by atoms with Crippen LogP contribution >= 0.6 is 23.2 Å². The molecule has 0 aliphatic carbocycles. The monoisotopic (exact) mass is 380 g/mol. The van der Waals surface area contributed by atoms with Crippen LogP contribution in [0.25, 0.3) is 0 Å². The van der Waals surface area contributed by atoms with E-state index < -0.39 is 10.0 Å². The zero-order valence-electron chi connectivity index (χ0n) is 12.6. The van der Waals surface area contributed by atoms with Crippen LogP contribution < -0.4 is 16.2 Å². The van der Waals surface area contributed by atoms with E-state index in [0.29, 0.717) is 16.5 Å².